The maximum Gasteiger partial charge on any atom is 0.243 e. The molecule has 0 saturated carbocycles. The summed E-state index contributed by atoms with van der Waals surface area (Å²) < 4.78 is 5.13. The van der Waals surface area contributed by atoms with Gasteiger partial charge in [0.05, 0.1) is 7.11 Å². The molecule has 1 heterocycles. The Morgan fingerprint density at radius 1 is 1.32 bits per heavy atom. The van der Waals surface area contributed by atoms with Crippen molar-refractivity contribution in [2.75, 3.05) is 18.6 Å². The number of benzene rings is 1. The molecule has 1 aliphatic heterocycles. The average molecular weight is 304 g/mol. The van der Waals surface area contributed by atoms with E-state index in [1.807, 2.05) is 12.1 Å². The zero-order chi connectivity index (χ0) is 15.9. The molecule has 5 heteroatoms. The van der Waals surface area contributed by atoms with E-state index in [1.165, 1.54) is 0 Å². The molecule has 1 aliphatic rings. The van der Waals surface area contributed by atoms with E-state index in [-0.39, 0.29) is 11.8 Å². The third-order valence-corrected chi connectivity index (χ3v) is 3.94. The Balaban J connectivity index is 2.03. The first-order valence-corrected chi connectivity index (χ1v) is 7.91. The Kier molecular flexibility index (Phi) is 5.81. The van der Waals surface area contributed by atoms with Crippen LogP contribution in [0.25, 0.3) is 0 Å². The summed E-state index contributed by atoms with van der Waals surface area (Å²) in [6.07, 6.45) is 4.19. The fourth-order valence-corrected chi connectivity index (χ4v) is 2.70. The van der Waals surface area contributed by atoms with E-state index >= 15 is 0 Å². The summed E-state index contributed by atoms with van der Waals surface area (Å²) in [6, 6.07) is 6.84. The first kappa shape index (κ1) is 16.3. The molecule has 1 unspecified atom stereocenters. The molecule has 0 aromatic heterocycles. The summed E-state index contributed by atoms with van der Waals surface area (Å²) in [7, 11) is 1.60. The highest BCUT2D eigenvalue weighted by Crippen LogP contribution is 2.28. The van der Waals surface area contributed by atoms with Crippen LogP contribution in [-0.4, -0.2) is 31.5 Å². The van der Waals surface area contributed by atoms with Crippen LogP contribution in [0.1, 0.15) is 39.0 Å². The zero-order valence-electron chi connectivity index (χ0n) is 13.3. The summed E-state index contributed by atoms with van der Waals surface area (Å²) in [5.74, 6) is 0.674. The van der Waals surface area contributed by atoms with Crippen LogP contribution in [0.4, 0.5) is 5.69 Å². The third kappa shape index (κ3) is 3.78. The van der Waals surface area contributed by atoms with Gasteiger partial charge in [-0.05, 0) is 37.1 Å². The Morgan fingerprint density at radius 3 is 2.68 bits per heavy atom. The maximum atomic E-state index is 12.3. The van der Waals surface area contributed by atoms with Crippen molar-refractivity contribution in [2.45, 2.75) is 45.1 Å². The highest BCUT2D eigenvalue weighted by molar-refractivity contribution is 6.03. The largest absolute Gasteiger partial charge is 0.497 e. The van der Waals surface area contributed by atoms with Gasteiger partial charge in [-0.2, -0.15) is 0 Å². The number of methoxy groups -OCH3 is 1. The Bertz CT molecular complexity index is 513. The second-order valence-electron chi connectivity index (χ2n) is 5.51. The van der Waals surface area contributed by atoms with Gasteiger partial charge in [0, 0.05) is 18.7 Å². The molecule has 0 radical (unpaired) electrons. The highest BCUT2D eigenvalue weighted by atomic mass is 16.5. The van der Waals surface area contributed by atoms with Crippen molar-refractivity contribution in [3.8, 4) is 5.75 Å². The molecular formula is C17H24N2O3. The van der Waals surface area contributed by atoms with Crippen molar-refractivity contribution >= 4 is 17.5 Å². The zero-order valence-corrected chi connectivity index (χ0v) is 13.3. The Hall–Kier alpha value is -2.04. The molecular weight excluding hydrogens is 280 g/mol. The number of nitrogens with one attached hydrogen (secondary N) is 1. The van der Waals surface area contributed by atoms with Gasteiger partial charge in [-0.3, -0.25) is 14.5 Å². The number of nitrogens with zero attached hydrogens (tertiary/aromatic N) is 1. The molecule has 2 amide bonds. The smallest absolute Gasteiger partial charge is 0.243 e. The van der Waals surface area contributed by atoms with Crippen LogP contribution in [0.3, 0.4) is 0 Å². The lowest BCUT2D eigenvalue weighted by Crippen LogP contribution is -2.45. The van der Waals surface area contributed by atoms with Crippen molar-refractivity contribution in [3.05, 3.63) is 24.3 Å². The van der Waals surface area contributed by atoms with Crippen LogP contribution in [-0.2, 0) is 9.59 Å². The average Bonchev–Trinajstić information content (AvgIpc) is 2.93. The summed E-state index contributed by atoms with van der Waals surface area (Å²) >= 11 is 0. The molecule has 0 bridgehead atoms. The Labute approximate surface area is 131 Å². The number of amides is 2. The molecule has 1 N–H and O–H groups in total. The minimum atomic E-state index is -0.400. The maximum absolute atomic E-state index is 12.3. The second-order valence-corrected chi connectivity index (χ2v) is 5.51. The van der Waals surface area contributed by atoms with Crippen molar-refractivity contribution in [1.82, 2.24) is 5.32 Å². The van der Waals surface area contributed by atoms with Gasteiger partial charge in [0.15, 0.2) is 0 Å². The van der Waals surface area contributed by atoms with Gasteiger partial charge in [-0.15, -0.1) is 0 Å². The fraction of sp³-hybridized carbons (Fsp3) is 0.529. The highest BCUT2D eigenvalue weighted by Gasteiger charge is 2.36. The number of carbonyl (C=O) groups excluding carboxylic acids is 2. The van der Waals surface area contributed by atoms with E-state index in [0.717, 1.165) is 30.7 Å². The van der Waals surface area contributed by atoms with Gasteiger partial charge in [0.2, 0.25) is 11.8 Å². The molecule has 1 aromatic rings. The fourth-order valence-electron chi connectivity index (χ4n) is 2.70. The van der Waals surface area contributed by atoms with Crippen molar-refractivity contribution in [3.63, 3.8) is 0 Å². The van der Waals surface area contributed by atoms with Gasteiger partial charge in [-0.1, -0.05) is 19.8 Å². The lowest BCUT2D eigenvalue weighted by atomic mass is 10.2. The van der Waals surface area contributed by atoms with Gasteiger partial charge >= 0.3 is 0 Å². The number of hydrogen-bond acceptors (Lipinski definition) is 3. The predicted molar refractivity (Wildman–Crippen MR) is 86.0 cm³/mol. The third-order valence-electron chi connectivity index (χ3n) is 3.94. The predicted octanol–water partition coefficient (Wildman–Crippen LogP) is 2.50. The molecule has 22 heavy (non-hydrogen) atoms. The molecule has 0 aliphatic carbocycles. The van der Waals surface area contributed by atoms with Crippen LogP contribution in [0.5, 0.6) is 5.75 Å². The van der Waals surface area contributed by atoms with Crippen LogP contribution in [0, 0.1) is 0 Å². The van der Waals surface area contributed by atoms with E-state index in [0.29, 0.717) is 19.4 Å². The lowest BCUT2D eigenvalue weighted by molar-refractivity contribution is -0.123. The van der Waals surface area contributed by atoms with Crippen molar-refractivity contribution < 1.29 is 14.3 Å². The number of anilines is 1. The summed E-state index contributed by atoms with van der Waals surface area (Å²) in [4.78, 5) is 26.1. The summed E-state index contributed by atoms with van der Waals surface area (Å²) in [5.41, 5.74) is 0.747. The standard InChI is InChI=1S/C17H24N2O3/c1-3-4-5-12-18-17(21)15-10-11-16(20)19(15)13-6-8-14(22-2)9-7-13/h6-9,15H,3-5,10-12H2,1-2H3,(H,18,21). The molecule has 1 atom stereocenters. The second kappa shape index (κ2) is 7.82. The lowest BCUT2D eigenvalue weighted by Gasteiger charge is -2.24. The number of ether oxygens (including phenoxy) is 1. The first-order chi connectivity index (χ1) is 10.7. The first-order valence-electron chi connectivity index (χ1n) is 7.91. The van der Waals surface area contributed by atoms with Crippen molar-refractivity contribution in [1.29, 1.82) is 0 Å². The van der Waals surface area contributed by atoms with E-state index in [1.54, 1.807) is 24.1 Å². The van der Waals surface area contributed by atoms with Crippen LogP contribution in [0.15, 0.2) is 24.3 Å². The molecule has 2 rings (SSSR count). The van der Waals surface area contributed by atoms with Gasteiger partial charge < -0.3 is 10.1 Å². The molecule has 5 nitrogen and oxygen atoms in total. The van der Waals surface area contributed by atoms with Crippen LogP contribution < -0.4 is 15.0 Å². The monoisotopic (exact) mass is 304 g/mol. The quantitative estimate of drug-likeness (QED) is 0.787. The van der Waals surface area contributed by atoms with Gasteiger partial charge in [0.1, 0.15) is 11.8 Å². The van der Waals surface area contributed by atoms with Gasteiger partial charge in [0.25, 0.3) is 0 Å². The Morgan fingerprint density at radius 2 is 2.05 bits per heavy atom. The number of carbonyl (C=O) groups is 2. The minimum absolute atomic E-state index is 0.00104. The SMILES string of the molecule is CCCCCNC(=O)C1CCC(=O)N1c1ccc(OC)cc1. The van der Waals surface area contributed by atoms with E-state index in [2.05, 4.69) is 12.2 Å². The summed E-state index contributed by atoms with van der Waals surface area (Å²) in [6.45, 7) is 2.80. The molecule has 1 saturated heterocycles. The van der Waals surface area contributed by atoms with Gasteiger partial charge in [-0.25, -0.2) is 0 Å². The normalized spacial score (nSPS) is 17.6. The molecule has 0 spiro atoms. The van der Waals surface area contributed by atoms with E-state index in [4.69, 9.17) is 4.74 Å². The summed E-state index contributed by atoms with van der Waals surface area (Å²) in [5, 5.41) is 2.94. The number of hydrogen-bond donors (Lipinski definition) is 1. The topological polar surface area (TPSA) is 58.6 Å². The van der Waals surface area contributed by atoms with Crippen molar-refractivity contribution in [2.24, 2.45) is 0 Å². The minimum Gasteiger partial charge on any atom is -0.497 e. The molecule has 1 fully saturated rings. The number of unbranched alkanes of at least 4 members (excludes halogenated alkanes) is 2. The molecule has 120 valence electrons. The van der Waals surface area contributed by atoms with Crippen LogP contribution in [0.2, 0.25) is 0 Å². The molecule has 1 aromatic carbocycles. The number of rotatable bonds is 7. The van der Waals surface area contributed by atoms with Crippen LogP contribution >= 0.6 is 0 Å². The van der Waals surface area contributed by atoms with E-state index < -0.39 is 6.04 Å². The van der Waals surface area contributed by atoms with E-state index in [9.17, 15) is 9.59 Å².